The van der Waals surface area contributed by atoms with Crippen LogP contribution in [-0.4, -0.2) is 34.2 Å². The average Bonchev–Trinajstić information content (AvgIpc) is 2.37. The Kier molecular flexibility index (Phi) is 5.65. The maximum Gasteiger partial charge on any atom is 0.326 e. The normalized spacial score (nSPS) is 13.0. The summed E-state index contributed by atoms with van der Waals surface area (Å²) in [5.41, 5.74) is 0.622. The van der Waals surface area contributed by atoms with Crippen LogP contribution in [0.4, 0.5) is 9.18 Å². The Bertz CT molecular complexity index is 532. The van der Waals surface area contributed by atoms with Gasteiger partial charge < -0.3 is 20.8 Å². The van der Waals surface area contributed by atoms with Crippen LogP contribution in [0.1, 0.15) is 24.9 Å². The zero-order chi connectivity index (χ0) is 16.0. The molecule has 0 aliphatic heterocycles. The molecular weight excluding hydrogens is 283 g/mol. The summed E-state index contributed by atoms with van der Waals surface area (Å²) in [5, 5.41) is 21.9. The largest absolute Gasteiger partial charge is 0.481 e. The number of hydrogen-bond acceptors (Lipinski definition) is 3. The number of carbonyl (C=O) groups is 3. The average molecular weight is 298 g/mol. The van der Waals surface area contributed by atoms with Crippen LogP contribution < -0.4 is 10.6 Å². The first-order valence-corrected chi connectivity index (χ1v) is 6.06. The second kappa shape index (κ2) is 7.22. The number of carbonyl (C=O) groups excluding carboxylic acids is 1. The smallest absolute Gasteiger partial charge is 0.326 e. The Morgan fingerprint density at radius 3 is 2.19 bits per heavy atom. The van der Waals surface area contributed by atoms with E-state index in [1.165, 1.54) is 24.3 Å². The summed E-state index contributed by atoms with van der Waals surface area (Å²) in [6, 6.07) is 2.58. The van der Waals surface area contributed by atoms with E-state index in [9.17, 15) is 18.8 Å². The molecule has 114 valence electrons. The molecule has 1 rings (SSSR count). The van der Waals surface area contributed by atoms with Gasteiger partial charge in [-0.25, -0.2) is 14.0 Å². The molecule has 0 aliphatic rings. The Morgan fingerprint density at radius 2 is 1.71 bits per heavy atom. The van der Waals surface area contributed by atoms with Crippen molar-refractivity contribution in [2.45, 2.75) is 25.4 Å². The summed E-state index contributed by atoms with van der Waals surface area (Å²) < 4.78 is 12.8. The van der Waals surface area contributed by atoms with E-state index in [0.29, 0.717) is 5.56 Å². The molecule has 21 heavy (non-hydrogen) atoms. The van der Waals surface area contributed by atoms with Gasteiger partial charge in [0.2, 0.25) is 0 Å². The second-order valence-electron chi connectivity index (χ2n) is 4.38. The lowest BCUT2D eigenvalue weighted by molar-refractivity contribution is -0.145. The number of carboxylic acids is 2. The molecule has 0 bridgehead atoms. The lowest BCUT2D eigenvalue weighted by Crippen LogP contribution is -2.47. The molecule has 2 amide bonds. The highest BCUT2D eigenvalue weighted by molar-refractivity contribution is 5.86. The fourth-order valence-corrected chi connectivity index (χ4v) is 1.61. The summed E-state index contributed by atoms with van der Waals surface area (Å²) in [7, 11) is 0. The Labute approximate surface area is 119 Å². The topological polar surface area (TPSA) is 116 Å². The van der Waals surface area contributed by atoms with E-state index in [2.05, 4.69) is 10.6 Å². The van der Waals surface area contributed by atoms with E-state index in [1.807, 2.05) is 0 Å². The van der Waals surface area contributed by atoms with Crippen molar-refractivity contribution in [3.8, 4) is 0 Å². The van der Waals surface area contributed by atoms with Crippen LogP contribution in [0.15, 0.2) is 24.3 Å². The van der Waals surface area contributed by atoms with Gasteiger partial charge in [-0.05, 0) is 24.6 Å². The predicted octanol–water partition coefficient (Wildman–Crippen LogP) is 1.11. The van der Waals surface area contributed by atoms with Crippen LogP contribution in [-0.2, 0) is 9.59 Å². The van der Waals surface area contributed by atoms with Gasteiger partial charge in [0.25, 0.3) is 0 Å². The summed E-state index contributed by atoms with van der Waals surface area (Å²) in [6.45, 7) is 1.62. The summed E-state index contributed by atoms with van der Waals surface area (Å²) >= 11 is 0. The van der Waals surface area contributed by atoms with Crippen LogP contribution in [0.3, 0.4) is 0 Å². The molecular formula is C13H15FN2O5. The highest BCUT2D eigenvalue weighted by Gasteiger charge is 2.23. The number of amides is 2. The first kappa shape index (κ1) is 16.4. The Hall–Kier alpha value is -2.64. The minimum atomic E-state index is -1.53. The Balaban J connectivity index is 2.61. The minimum Gasteiger partial charge on any atom is -0.481 e. The molecule has 0 aromatic heterocycles. The third-order valence-corrected chi connectivity index (χ3v) is 2.70. The van der Waals surface area contributed by atoms with Crippen LogP contribution in [0, 0.1) is 5.82 Å². The van der Waals surface area contributed by atoms with Gasteiger partial charge in [-0.15, -0.1) is 0 Å². The van der Waals surface area contributed by atoms with Crippen molar-refractivity contribution in [1.82, 2.24) is 10.6 Å². The van der Waals surface area contributed by atoms with Gasteiger partial charge in [0.15, 0.2) is 0 Å². The first-order chi connectivity index (χ1) is 9.79. The zero-order valence-corrected chi connectivity index (χ0v) is 11.2. The van der Waals surface area contributed by atoms with E-state index in [-0.39, 0.29) is 0 Å². The molecule has 0 fully saturated rings. The fraction of sp³-hybridized carbons (Fsp3) is 0.308. The van der Waals surface area contributed by atoms with Gasteiger partial charge in [0, 0.05) is 0 Å². The van der Waals surface area contributed by atoms with Crippen molar-refractivity contribution in [3.63, 3.8) is 0 Å². The van der Waals surface area contributed by atoms with Gasteiger partial charge in [-0.2, -0.15) is 0 Å². The van der Waals surface area contributed by atoms with Crippen molar-refractivity contribution in [3.05, 3.63) is 35.6 Å². The molecule has 0 spiro atoms. The van der Waals surface area contributed by atoms with Crippen molar-refractivity contribution >= 4 is 18.0 Å². The molecule has 0 aliphatic carbocycles. The maximum absolute atomic E-state index is 12.8. The number of benzene rings is 1. The minimum absolute atomic E-state index is 0.414. The highest BCUT2D eigenvalue weighted by Crippen LogP contribution is 2.12. The quantitative estimate of drug-likeness (QED) is 0.628. The van der Waals surface area contributed by atoms with Crippen molar-refractivity contribution in [1.29, 1.82) is 0 Å². The molecule has 1 unspecified atom stereocenters. The van der Waals surface area contributed by atoms with Crippen molar-refractivity contribution < 1.29 is 29.0 Å². The fourth-order valence-electron chi connectivity index (χ4n) is 1.61. The van der Waals surface area contributed by atoms with E-state index < -0.39 is 42.3 Å². The molecule has 0 saturated carbocycles. The first-order valence-electron chi connectivity index (χ1n) is 6.06. The molecule has 2 atom stereocenters. The van der Waals surface area contributed by atoms with Crippen LogP contribution >= 0.6 is 0 Å². The van der Waals surface area contributed by atoms with E-state index in [1.54, 1.807) is 6.92 Å². The molecule has 0 saturated heterocycles. The van der Waals surface area contributed by atoms with Gasteiger partial charge in [-0.1, -0.05) is 12.1 Å². The van der Waals surface area contributed by atoms with E-state index in [0.717, 1.165) is 0 Å². The predicted molar refractivity (Wildman–Crippen MR) is 70.2 cm³/mol. The van der Waals surface area contributed by atoms with Crippen molar-refractivity contribution in [2.24, 2.45) is 0 Å². The van der Waals surface area contributed by atoms with E-state index >= 15 is 0 Å². The van der Waals surface area contributed by atoms with Crippen LogP contribution in [0.5, 0.6) is 0 Å². The van der Waals surface area contributed by atoms with Crippen LogP contribution in [0.25, 0.3) is 0 Å². The standard InChI is InChI=1S/C13H15FN2O5/c1-7(8-2-4-9(14)5-3-8)15-13(21)16-10(12(19)20)6-11(17)18/h2-5,7,10H,6H2,1H3,(H,17,18)(H,19,20)(H2,15,16,21)/t7?,10-/m1/s1. The van der Waals surface area contributed by atoms with Gasteiger partial charge in [-0.3, -0.25) is 4.79 Å². The zero-order valence-electron chi connectivity index (χ0n) is 11.2. The molecule has 0 radical (unpaired) electrons. The highest BCUT2D eigenvalue weighted by atomic mass is 19.1. The van der Waals surface area contributed by atoms with Gasteiger partial charge in [0.05, 0.1) is 12.5 Å². The Morgan fingerprint density at radius 1 is 1.14 bits per heavy atom. The molecule has 8 heteroatoms. The molecule has 0 heterocycles. The summed E-state index contributed by atoms with van der Waals surface area (Å²) in [5.74, 6) is -3.20. The number of urea groups is 1. The maximum atomic E-state index is 12.8. The second-order valence-corrected chi connectivity index (χ2v) is 4.38. The van der Waals surface area contributed by atoms with Crippen molar-refractivity contribution in [2.75, 3.05) is 0 Å². The number of halogens is 1. The summed E-state index contributed by atoms with van der Waals surface area (Å²) in [6.07, 6.45) is -0.728. The number of aliphatic carboxylic acids is 2. The van der Waals surface area contributed by atoms with Crippen LogP contribution in [0.2, 0.25) is 0 Å². The summed E-state index contributed by atoms with van der Waals surface area (Å²) in [4.78, 5) is 33.0. The SMILES string of the molecule is CC(NC(=O)N[C@H](CC(=O)O)C(=O)O)c1ccc(F)cc1. The lowest BCUT2D eigenvalue weighted by Gasteiger charge is -2.17. The monoisotopic (exact) mass is 298 g/mol. The van der Waals surface area contributed by atoms with Gasteiger partial charge in [0.1, 0.15) is 11.9 Å². The third-order valence-electron chi connectivity index (χ3n) is 2.70. The number of rotatable bonds is 6. The molecule has 4 N–H and O–H groups in total. The number of nitrogens with one attached hydrogen (secondary N) is 2. The van der Waals surface area contributed by atoms with E-state index in [4.69, 9.17) is 10.2 Å². The molecule has 1 aromatic rings. The van der Waals surface area contributed by atoms with Gasteiger partial charge >= 0.3 is 18.0 Å². The molecule has 1 aromatic carbocycles. The number of carboxylic acid groups (broad SMARTS) is 2. The number of hydrogen-bond donors (Lipinski definition) is 4. The molecule has 7 nitrogen and oxygen atoms in total. The third kappa shape index (κ3) is 5.47. The lowest BCUT2D eigenvalue weighted by atomic mass is 10.1.